The van der Waals surface area contributed by atoms with Gasteiger partial charge in [0, 0.05) is 27.3 Å². The number of thiazole rings is 1. The highest BCUT2D eigenvalue weighted by atomic mass is 32.2. The first-order valence-corrected chi connectivity index (χ1v) is 12.8. The van der Waals surface area contributed by atoms with E-state index in [4.69, 9.17) is 4.74 Å². The van der Waals surface area contributed by atoms with Gasteiger partial charge in [0.2, 0.25) is 0 Å². The number of H-pyrrole nitrogens is 1. The number of aromatic nitrogens is 1. The third-order valence-corrected chi connectivity index (χ3v) is 9.76. The summed E-state index contributed by atoms with van der Waals surface area (Å²) in [7, 11) is 0. The molecule has 32 heavy (non-hydrogen) atoms. The van der Waals surface area contributed by atoms with Crippen LogP contribution in [0.1, 0.15) is 35.6 Å². The first-order chi connectivity index (χ1) is 15.7. The number of carbonyl (C=O) groups excluding carboxylic acids is 1. The molecule has 2 bridgehead atoms. The van der Waals surface area contributed by atoms with E-state index in [1.54, 1.807) is 0 Å². The summed E-state index contributed by atoms with van der Waals surface area (Å²) >= 11 is 3.22. The van der Waals surface area contributed by atoms with Crippen LogP contribution in [0.3, 0.4) is 0 Å². The molecule has 2 saturated carbocycles. The van der Waals surface area contributed by atoms with Crippen molar-refractivity contribution in [1.29, 1.82) is 0 Å². The molecule has 164 valence electrons. The Morgan fingerprint density at radius 1 is 1.06 bits per heavy atom. The first-order valence-electron chi connectivity index (χ1n) is 11.1. The summed E-state index contributed by atoms with van der Waals surface area (Å²) in [5.41, 5.74) is 1.85. The van der Waals surface area contributed by atoms with E-state index >= 15 is 0 Å². The molecule has 2 N–H and O–H groups in total. The van der Waals surface area contributed by atoms with Gasteiger partial charge in [-0.1, -0.05) is 47.7 Å². The quantitative estimate of drug-likeness (QED) is 0.551. The molecule has 4 unspecified atom stereocenters. The highest BCUT2D eigenvalue weighted by Gasteiger charge is 2.55. The highest BCUT2D eigenvalue weighted by Crippen LogP contribution is 2.64. The highest BCUT2D eigenvalue weighted by molar-refractivity contribution is 8.00. The van der Waals surface area contributed by atoms with E-state index in [0.29, 0.717) is 17.1 Å². The van der Waals surface area contributed by atoms with Crippen molar-refractivity contribution >= 4 is 34.7 Å². The summed E-state index contributed by atoms with van der Waals surface area (Å²) < 4.78 is 6.07. The fourth-order valence-electron chi connectivity index (χ4n) is 5.93. The molecule has 2 aliphatic carbocycles. The lowest BCUT2D eigenvalue weighted by Gasteiger charge is -2.40. The number of thioether (sulfide) groups is 1. The van der Waals surface area contributed by atoms with E-state index in [9.17, 15) is 9.59 Å². The molecule has 1 aromatic heterocycles. The van der Waals surface area contributed by atoms with Gasteiger partial charge in [-0.15, -0.1) is 11.8 Å². The second kappa shape index (κ2) is 8.12. The van der Waals surface area contributed by atoms with Crippen LogP contribution in [-0.4, -0.2) is 22.7 Å². The number of hydrogen-bond donors (Lipinski definition) is 2. The third kappa shape index (κ3) is 3.48. The number of anilines is 1. The van der Waals surface area contributed by atoms with E-state index in [1.807, 2.05) is 60.3 Å². The molecule has 2 fully saturated rings. The van der Waals surface area contributed by atoms with E-state index in [-0.39, 0.29) is 23.3 Å². The SMILES string of the molecule is O=C(COc1ccccc1[C@H]1c2sc(=O)[nH]c2SC2C3CCC(C3)C21)Nc1ccccc1. The zero-order valence-corrected chi connectivity index (χ0v) is 19.1. The molecule has 0 saturated heterocycles. The van der Waals surface area contributed by atoms with Crippen LogP contribution in [-0.2, 0) is 4.79 Å². The van der Waals surface area contributed by atoms with Crippen LogP contribution < -0.4 is 14.9 Å². The Balaban J connectivity index is 1.30. The molecule has 2 aromatic carbocycles. The van der Waals surface area contributed by atoms with Crippen molar-refractivity contribution in [3.8, 4) is 5.75 Å². The normalized spacial score (nSPS) is 27.6. The largest absolute Gasteiger partial charge is 0.483 e. The van der Waals surface area contributed by atoms with Crippen LogP contribution in [0.15, 0.2) is 64.4 Å². The van der Waals surface area contributed by atoms with Crippen LogP contribution in [0.4, 0.5) is 5.69 Å². The molecule has 5 nitrogen and oxygen atoms in total. The lowest BCUT2D eigenvalue weighted by molar-refractivity contribution is -0.118. The Morgan fingerprint density at radius 2 is 1.84 bits per heavy atom. The number of nitrogens with one attached hydrogen (secondary N) is 2. The Morgan fingerprint density at radius 3 is 2.72 bits per heavy atom. The number of ether oxygens (including phenoxy) is 1. The fraction of sp³-hybridized carbons (Fsp3) is 0.360. The number of carbonyl (C=O) groups is 1. The molecule has 3 aliphatic rings. The molecule has 6 rings (SSSR count). The minimum absolute atomic E-state index is 0.0143. The van der Waals surface area contributed by atoms with E-state index in [1.165, 1.54) is 30.6 Å². The first kappa shape index (κ1) is 20.1. The molecule has 2 heterocycles. The van der Waals surface area contributed by atoms with Crippen molar-refractivity contribution in [2.45, 2.75) is 35.5 Å². The van der Waals surface area contributed by atoms with Crippen LogP contribution in [0.2, 0.25) is 0 Å². The van der Waals surface area contributed by atoms with Gasteiger partial charge in [-0.05, 0) is 55.2 Å². The number of fused-ring (bicyclic) bond motifs is 6. The van der Waals surface area contributed by atoms with Crippen molar-refractivity contribution in [2.75, 3.05) is 11.9 Å². The van der Waals surface area contributed by atoms with Gasteiger partial charge in [0.05, 0.1) is 5.03 Å². The lowest BCUT2D eigenvalue weighted by Crippen LogP contribution is -2.34. The molecular formula is C25H24N2O3S2. The maximum atomic E-state index is 12.5. The zero-order chi connectivity index (χ0) is 21.7. The molecular weight excluding hydrogens is 440 g/mol. The van der Waals surface area contributed by atoms with Gasteiger partial charge in [-0.3, -0.25) is 9.59 Å². The van der Waals surface area contributed by atoms with Gasteiger partial charge < -0.3 is 15.0 Å². The summed E-state index contributed by atoms with van der Waals surface area (Å²) in [4.78, 5) is 29.0. The van der Waals surface area contributed by atoms with E-state index in [0.717, 1.165) is 32.8 Å². The van der Waals surface area contributed by atoms with Crippen molar-refractivity contribution < 1.29 is 9.53 Å². The third-order valence-electron chi connectivity index (χ3n) is 7.14. The van der Waals surface area contributed by atoms with Crippen LogP contribution in [0.25, 0.3) is 0 Å². The zero-order valence-electron chi connectivity index (χ0n) is 17.5. The minimum atomic E-state index is -0.185. The number of benzene rings is 2. The molecule has 3 aromatic rings. The van der Waals surface area contributed by atoms with Crippen LogP contribution >= 0.6 is 23.1 Å². The Labute approximate surface area is 194 Å². The topological polar surface area (TPSA) is 71.2 Å². The summed E-state index contributed by atoms with van der Waals surface area (Å²) in [5, 5.41) is 4.46. The van der Waals surface area contributed by atoms with E-state index in [2.05, 4.69) is 16.4 Å². The summed E-state index contributed by atoms with van der Waals surface area (Å²) in [6.45, 7) is -0.0518. The molecule has 0 radical (unpaired) electrons. The Bertz CT molecular complexity index is 1210. The molecule has 5 atom stereocenters. The van der Waals surface area contributed by atoms with Crippen molar-refractivity contribution in [2.24, 2.45) is 17.8 Å². The minimum Gasteiger partial charge on any atom is -0.483 e. The monoisotopic (exact) mass is 464 g/mol. The smallest absolute Gasteiger partial charge is 0.305 e. The van der Waals surface area contributed by atoms with Gasteiger partial charge in [-0.25, -0.2) is 0 Å². The maximum Gasteiger partial charge on any atom is 0.305 e. The van der Waals surface area contributed by atoms with Gasteiger partial charge >= 0.3 is 4.87 Å². The van der Waals surface area contributed by atoms with Gasteiger partial charge in [-0.2, -0.15) is 0 Å². The second-order valence-electron chi connectivity index (χ2n) is 8.92. The summed E-state index contributed by atoms with van der Waals surface area (Å²) in [6, 6.07) is 17.4. The van der Waals surface area contributed by atoms with Crippen molar-refractivity contribution in [1.82, 2.24) is 4.98 Å². The predicted molar refractivity (Wildman–Crippen MR) is 128 cm³/mol. The number of amides is 1. The van der Waals surface area contributed by atoms with Crippen LogP contribution in [0.5, 0.6) is 5.75 Å². The summed E-state index contributed by atoms with van der Waals surface area (Å²) in [5.74, 6) is 2.64. The van der Waals surface area contributed by atoms with Gasteiger partial charge in [0.25, 0.3) is 5.91 Å². The molecule has 0 spiro atoms. The summed E-state index contributed by atoms with van der Waals surface area (Å²) in [6.07, 6.45) is 3.87. The van der Waals surface area contributed by atoms with E-state index < -0.39 is 0 Å². The number of hydrogen-bond acceptors (Lipinski definition) is 5. The number of para-hydroxylation sites is 2. The maximum absolute atomic E-state index is 12.5. The fourth-order valence-corrected chi connectivity index (χ4v) is 8.81. The Hall–Kier alpha value is -2.51. The van der Waals surface area contributed by atoms with Crippen molar-refractivity contribution in [3.05, 3.63) is 74.7 Å². The molecule has 1 amide bonds. The van der Waals surface area contributed by atoms with Gasteiger partial charge in [0.1, 0.15) is 5.75 Å². The number of rotatable bonds is 5. The Kier molecular flexibility index (Phi) is 5.11. The van der Waals surface area contributed by atoms with Crippen LogP contribution in [0, 0.1) is 17.8 Å². The standard InChI is InChI=1S/C25H24N2O3S2/c28-19(26-16-6-2-1-3-7-16)13-30-18-9-5-4-8-17(18)21-20-14-10-11-15(12-14)22(20)31-24-23(21)32-25(29)27-24/h1-9,14-15,20-22H,10-13H2,(H,26,28)(H,27,29)/t14?,15?,20?,21-,22?/m1/s1. The predicted octanol–water partition coefficient (Wildman–Crippen LogP) is 5.11. The lowest BCUT2D eigenvalue weighted by atomic mass is 9.74. The molecule has 1 aliphatic heterocycles. The number of aromatic amines is 1. The average molecular weight is 465 g/mol. The van der Waals surface area contributed by atoms with Gasteiger partial charge in [0.15, 0.2) is 6.61 Å². The van der Waals surface area contributed by atoms with Crippen molar-refractivity contribution in [3.63, 3.8) is 0 Å². The average Bonchev–Trinajstić information content (AvgIpc) is 3.51. The molecule has 7 heteroatoms. The second-order valence-corrected chi connectivity index (χ2v) is 11.1.